The Bertz CT molecular complexity index is 1100. The third-order valence-corrected chi connectivity index (χ3v) is 5.52. The maximum Gasteiger partial charge on any atom is 0.298 e. The molecular weight excluding hydrogens is 375 g/mol. The lowest BCUT2D eigenvalue weighted by Crippen LogP contribution is -2.27. The van der Waals surface area contributed by atoms with Crippen molar-refractivity contribution in [3.63, 3.8) is 0 Å². The molecule has 2 heterocycles. The highest BCUT2D eigenvalue weighted by atomic mass is 32.2. The summed E-state index contributed by atoms with van der Waals surface area (Å²) in [5, 5.41) is -0.310. The predicted molar refractivity (Wildman–Crippen MR) is 110 cm³/mol. The zero-order valence-electron chi connectivity index (χ0n) is 15.3. The summed E-state index contributed by atoms with van der Waals surface area (Å²) in [7, 11) is 0. The van der Waals surface area contributed by atoms with Crippen molar-refractivity contribution in [3.8, 4) is 5.69 Å². The van der Waals surface area contributed by atoms with Crippen molar-refractivity contribution in [2.45, 2.75) is 13.8 Å². The van der Waals surface area contributed by atoms with Crippen LogP contribution < -0.4 is 4.90 Å². The van der Waals surface area contributed by atoms with Crippen molar-refractivity contribution in [3.05, 3.63) is 88.3 Å². The lowest BCUT2D eigenvalue weighted by atomic mass is 10.2. The number of thioether (sulfide) groups is 1. The van der Waals surface area contributed by atoms with Crippen molar-refractivity contribution >= 4 is 34.7 Å². The number of anilines is 1. The zero-order chi connectivity index (χ0) is 19.8. The van der Waals surface area contributed by atoms with Crippen molar-refractivity contribution < 1.29 is 14.0 Å². The van der Waals surface area contributed by atoms with Gasteiger partial charge in [0.15, 0.2) is 0 Å². The molecule has 0 atom stereocenters. The lowest BCUT2D eigenvalue weighted by Gasteiger charge is -2.11. The van der Waals surface area contributed by atoms with Gasteiger partial charge >= 0.3 is 0 Å². The molecule has 1 saturated heterocycles. The number of hydrogen-bond donors (Lipinski definition) is 0. The Morgan fingerprint density at radius 3 is 2.29 bits per heavy atom. The van der Waals surface area contributed by atoms with Gasteiger partial charge in [-0.25, -0.2) is 9.29 Å². The molecule has 0 aliphatic carbocycles. The van der Waals surface area contributed by atoms with Gasteiger partial charge in [-0.15, -0.1) is 0 Å². The van der Waals surface area contributed by atoms with Crippen LogP contribution in [0.5, 0.6) is 0 Å². The molecule has 140 valence electrons. The fourth-order valence-electron chi connectivity index (χ4n) is 3.33. The standard InChI is InChI=1S/C22H17FN2O2S/c1-14-12-16(15(2)24(14)19-10-8-17(23)9-11-19)13-20-21(26)25(22(27)28-20)18-6-4-3-5-7-18/h3-13H,1-2H3/b20-13-. The third kappa shape index (κ3) is 3.16. The first-order valence-corrected chi connectivity index (χ1v) is 9.55. The SMILES string of the molecule is Cc1cc(/C=C2\SC(=O)N(c3ccccc3)C2=O)c(C)n1-c1ccc(F)cc1. The monoisotopic (exact) mass is 392 g/mol. The first kappa shape index (κ1) is 18.3. The average Bonchev–Trinajstić information content (AvgIpc) is 3.12. The van der Waals surface area contributed by atoms with E-state index in [1.165, 1.54) is 17.0 Å². The largest absolute Gasteiger partial charge is 0.318 e. The molecule has 28 heavy (non-hydrogen) atoms. The highest BCUT2D eigenvalue weighted by Gasteiger charge is 2.36. The Kier molecular flexibility index (Phi) is 4.65. The van der Waals surface area contributed by atoms with Crippen molar-refractivity contribution in [2.24, 2.45) is 0 Å². The van der Waals surface area contributed by atoms with E-state index < -0.39 is 0 Å². The Balaban J connectivity index is 1.70. The number of benzene rings is 2. The van der Waals surface area contributed by atoms with Crippen LogP contribution in [0.3, 0.4) is 0 Å². The highest BCUT2D eigenvalue weighted by Crippen LogP contribution is 2.36. The van der Waals surface area contributed by atoms with Crippen LogP contribution in [-0.4, -0.2) is 15.7 Å². The van der Waals surface area contributed by atoms with Crippen LogP contribution in [0, 0.1) is 19.7 Å². The number of aryl methyl sites for hydroxylation is 1. The molecule has 1 aliphatic rings. The molecule has 1 aliphatic heterocycles. The zero-order valence-corrected chi connectivity index (χ0v) is 16.2. The molecule has 0 spiro atoms. The summed E-state index contributed by atoms with van der Waals surface area (Å²) in [5.74, 6) is -0.617. The Hall–Kier alpha value is -3.12. The first-order chi connectivity index (χ1) is 13.5. The minimum atomic E-state index is -0.326. The van der Waals surface area contributed by atoms with E-state index in [4.69, 9.17) is 0 Å². The van der Waals surface area contributed by atoms with E-state index in [-0.39, 0.29) is 17.0 Å². The minimum Gasteiger partial charge on any atom is -0.318 e. The number of nitrogens with zero attached hydrogens (tertiary/aromatic N) is 2. The first-order valence-electron chi connectivity index (χ1n) is 8.73. The molecule has 0 unspecified atom stereocenters. The molecule has 0 saturated carbocycles. The second kappa shape index (κ2) is 7.13. The molecule has 2 amide bonds. The third-order valence-electron chi connectivity index (χ3n) is 4.65. The topological polar surface area (TPSA) is 42.3 Å². The van der Waals surface area contributed by atoms with Crippen LogP contribution in [0.25, 0.3) is 11.8 Å². The molecule has 0 N–H and O–H groups in total. The number of halogens is 1. The van der Waals surface area contributed by atoms with Gasteiger partial charge in [-0.3, -0.25) is 9.59 Å². The number of rotatable bonds is 3. The summed E-state index contributed by atoms with van der Waals surface area (Å²) < 4.78 is 15.2. The minimum absolute atomic E-state index is 0.291. The van der Waals surface area contributed by atoms with Crippen molar-refractivity contribution in [1.29, 1.82) is 0 Å². The van der Waals surface area contributed by atoms with Gasteiger partial charge in [0.25, 0.3) is 11.1 Å². The van der Waals surface area contributed by atoms with Gasteiger partial charge in [0.1, 0.15) is 5.82 Å². The lowest BCUT2D eigenvalue weighted by molar-refractivity contribution is -0.113. The molecule has 6 heteroatoms. The maximum atomic E-state index is 13.2. The summed E-state index contributed by atoms with van der Waals surface area (Å²) in [6.07, 6.45) is 1.75. The fraction of sp³-hybridized carbons (Fsp3) is 0.0909. The van der Waals surface area contributed by atoms with Gasteiger partial charge in [0, 0.05) is 17.1 Å². The van der Waals surface area contributed by atoms with Gasteiger partial charge < -0.3 is 4.57 Å². The Morgan fingerprint density at radius 2 is 1.61 bits per heavy atom. The molecule has 0 radical (unpaired) electrons. The van der Waals surface area contributed by atoms with Crippen molar-refractivity contribution in [2.75, 3.05) is 4.90 Å². The molecule has 1 fully saturated rings. The van der Waals surface area contributed by atoms with E-state index in [2.05, 4.69) is 0 Å². The summed E-state index contributed by atoms with van der Waals surface area (Å²) >= 11 is 0.933. The maximum absolute atomic E-state index is 13.2. The molecule has 4 nitrogen and oxygen atoms in total. The number of carbonyl (C=O) groups is 2. The van der Waals surface area contributed by atoms with Crippen molar-refractivity contribution in [1.82, 2.24) is 4.57 Å². The summed E-state index contributed by atoms with van der Waals surface area (Å²) in [6.45, 7) is 3.88. The summed E-state index contributed by atoms with van der Waals surface area (Å²) in [4.78, 5) is 26.8. The van der Waals surface area contributed by atoms with Crippen LogP contribution in [0.1, 0.15) is 17.0 Å². The fourth-order valence-corrected chi connectivity index (χ4v) is 4.16. The quantitative estimate of drug-likeness (QED) is 0.555. The summed E-state index contributed by atoms with van der Waals surface area (Å²) in [6, 6.07) is 17.1. The van der Waals surface area contributed by atoms with E-state index in [1.54, 1.807) is 42.5 Å². The normalized spacial score (nSPS) is 15.7. The number of imide groups is 1. The molecular formula is C22H17FN2O2S. The van der Waals surface area contributed by atoms with E-state index in [0.717, 1.165) is 34.4 Å². The number of amides is 2. The molecule has 1 aromatic heterocycles. The number of carbonyl (C=O) groups excluding carboxylic acids is 2. The van der Waals surface area contributed by atoms with Gasteiger partial charge in [-0.2, -0.15) is 0 Å². The van der Waals surface area contributed by atoms with Crippen LogP contribution in [-0.2, 0) is 4.79 Å². The van der Waals surface area contributed by atoms with Gasteiger partial charge in [0.05, 0.1) is 10.6 Å². The van der Waals surface area contributed by atoms with E-state index >= 15 is 0 Å². The second-order valence-electron chi connectivity index (χ2n) is 6.49. The highest BCUT2D eigenvalue weighted by molar-refractivity contribution is 8.19. The predicted octanol–water partition coefficient (Wildman–Crippen LogP) is 5.47. The smallest absolute Gasteiger partial charge is 0.298 e. The van der Waals surface area contributed by atoms with Crippen LogP contribution in [0.4, 0.5) is 14.9 Å². The average molecular weight is 392 g/mol. The van der Waals surface area contributed by atoms with Gasteiger partial charge in [-0.05, 0) is 79.7 Å². The van der Waals surface area contributed by atoms with Crippen LogP contribution in [0.2, 0.25) is 0 Å². The molecule has 3 aromatic rings. The van der Waals surface area contributed by atoms with E-state index in [0.29, 0.717) is 10.6 Å². The number of hydrogen-bond acceptors (Lipinski definition) is 3. The van der Waals surface area contributed by atoms with E-state index in [1.807, 2.05) is 30.5 Å². The molecule has 0 bridgehead atoms. The Morgan fingerprint density at radius 1 is 0.929 bits per heavy atom. The Labute approximate surface area is 166 Å². The van der Waals surface area contributed by atoms with E-state index in [9.17, 15) is 14.0 Å². The molecule has 2 aromatic carbocycles. The number of para-hydroxylation sites is 1. The number of aromatic nitrogens is 1. The van der Waals surface area contributed by atoms with Gasteiger partial charge in [0.2, 0.25) is 0 Å². The molecule has 4 rings (SSSR count). The second-order valence-corrected chi connectivity index (χ2v) is 7.48. The van der Waals surface area contributed by atoms with Gasteiger partial charge in [-0.1, -0.05) is 18.2 Å². The summed E-state index contributed by atoms with van der Waals surface area (Å²) in [5.41, 5.74) is 4.12. The van der Waals surface area contributed by atoms with Crippen LogP contribution >= 0.6 is 11.8 Å². The van der Waals surface area contributed by atoms with Crippen LogP contribution in [0.15, 0.2) is 65.6 Å².